The Labute approximate surface area is 167 Å². The number of nitrogens with one attached hydrogen (secondary N) is 1. The lowest BCUT2D eigenvalue weighted by molar-refractivity contribution is -0.137. The number of carbonyl (C=O) groups excluding carboxylic acids is 1. The number of aryl methyl sites for hydroxylation is 2. The van der Waals surface area contributed by atoms with Crippen LogP contribution < -0.4 is 5.32 Å². The molecule has 0 aliphatic carbocycles. The lowest BCUT2D eigenvalue weighted by atomic mass is 10.2. The Hall–Kier alpha value is -2.33. The average molecular weight is 430 g/mol. The van der Waals surface area contributed by atoms with Crippen LogP contribution in [0.3, 0.4) is 0 Å². The van der Waals surface area contributed by atoms with Gasteiger partial charge in [-0.15, -0.1) is 5.10 Å². The summed E-state index contributed by atoms with van der Waals surface area (Å²) in [6, 6.07) is 4.60. The molecule has 0 fully saturated rings. The second-order valence-corrected chi connectivity index (χ2v) is 7.80. The molecule has 0 bridgehead atoms. The maximum absolute atomic E-state index is 12.9. The van der Waals surface area contributed by atoms with Crippen LogP contribution in [0.5, 0.6) is 0 Å². The van der Waals surface area contributed by atoms with E-state index in [9.17, 15) is 18.0 Å². The first-order chi connectivity index (χ1) is 13.0. The molecule has 0 radical (unpaired) electrons. The first-order valence-electron chi connectivity index (χ1n) is 8.10. The number of alkyl halides is 3. The molecular formula is C17H15ClF3N5OS. The number of halogens is 4. The largest absolute Gasteiger partial charge is 0.416 e. The van der Waals surface area contributed by atoms with Gasteiger partial charge in [0.05, 0.1) is 21.5 Å². The second-order valence-electron chi connectivity index (χ2n) is 6.09. The Morgan fingerprint density at radius 1 is 1.25 bits per heavy atom. The van der Waals surface area contributed by atoms with Crippen LogP contribution in [0.15, 0.2) is 29.4 Å². The van der Waals surface area contributed by atoms with Crippen LogP contribution in [0.4, 0.5) is 18.9 Å². The van der Waals surface area contributed by atoms with Crippen molar-refractivity contribution in [3.63, 3.8) is 0 Å². The maximum atomic E-state index is 12.9. The van der Waals surface area contributed by atoms with Crippen LogP contribution in [-0.4, -0.2) is 30.7 Å². The van der Waals surface area contributed by atoms with Crippen molar-refractivity contribution in [3.05, 3.63) is 46.2 Å². The lowest BCUT2D eigenvalue weighted by Gasteiger charge is -2.13. The van der Waals surface area contributed by atoms with Gasteiger partial charge >= 0.3 is 6.18 Å². The molecule has 1 atom stereocenters. The van der Waals surface area contributed by atoms with E-state index in [2.05, 4.69) is 20.4 Å². The van der Waals surface area contributed by atoms with Crippen LogP contribution >= 0.6 is 23.4 Å². The third-order valence-electron chi connectivity index (χ3n) is 3.80. The van der Waals surface area contributed by atoms with Crippen molar-refractivity contribution < 1.29 is 18.0 Å². The van der Waals surface area contributed by atoms with Crippen LogP contribution in [0.25, 0.3) is 5.78 Å². The topological polar surface area (TPSA) is 72.2 Å². The van der Waals surface area contributed by atoms with Gasteiger partial charge in [0.25, 0.3) is 5.78 Å². The Bertz CT molecular complexity index is 1050. The predicted octanol–water partition coefficient (Wildman–Crippen LogP) is 4.53. The molecule has 3 aromatic rings. The summed E-state index contributed by atoms with van der Waals surface area (Å²) in [5.41, 5.74) is 0.630. The molecular weight excluding hydrogens is 415 g/mol. The molecule has 3 rings (SSSR count). The second kappa shape index (κ2) is 7.59. The zero-order valence-corrected chi connectivity index (χ0v) is 16.6. The van der Waals surface area contributed by atoms with Crippen LogP contribution in [0.1, 0.15) is 23.9 Å². The fourth-order valence-corrected chi connectivity index (χ4v) is 3.35. The third kappa shape index (κ3) is 4.39. The number of benzene rings is 1. The van der Waals surface area contributed by atoms with E-state index in [0.717, 1.165) is 41.3 Å². The summed E-state index contributed by atoms with van der Waals surface area (Å²) in [5, 5.41) is 6.39. The Morgan fingerprint density at radius 3 is 2.64 bits per heavy atom. The van der Waals surface area contributed by atoms with Crippen molar-refractivity contribution in [2.45, 2.75) is 37.4 Å². The molecule has 2 aromatic heterocycles. The number of aromatic nitrogens is 4. The molecule has 2 heterocycles. The molecule has 1 N–H and O–H groups in total. The zero-order valence-electron chi connectivity index (χ0n) is 15.0. The lowest BCUT2D eigenvalue weighted by Crippen LogP contribution is -2.23. The fraction of sp³-hybridized carbons (Fsp3) is 0.294. The number of fused-ring (bicyclic) bond motifs is 1. The number of amides is 1. The minimum absolute atomic E-state index is 0.0136. The van der Waals surface area contributed by atoms with E-state index < -0.39 is 22.9 Å². The van der Waals surface area contributed by atoms with Gasteiger partial charge in [-0.1, -0.05) is 23.4 Å². The summed E-state index contributed by atoms with van der Waals surface area (Å²) in [5.74, 6) is -0.112. The van der Waals surface area contributed by atoms with E-state index in [1.54, 1.807) is 11.4 Å². The van der Waals surface area contributed by atoms with Gasteiger partial charge in [0.1, 0.15) is 0 Å². The summed E-state index contributed by atoms with van der Waals surface area (Å²) in [6.07, 6.45) is -4.53. The predicted molar refractivity (Wildman–Crippen MR) is 101 cm³/mol. The van der Waals surface area contributed by atoms with Crippen LogP contribution in [-0.2, 0) is 11.0 Å². The molecule has 1 amide bonds. The summed E-state index contributed by atoms with van der Waals surface area (Å²) in [7, 11) is 0. The van der Waals surface area contributed by atoms with Crippen LogP contribution in [0.2, 0.25) is 5.02 Å². The zero-order chi connectivity index (χ0) is 20.6. The number of nitrogens with zero attached hydrogens (tertiary/aromatic N) is 4. The highest BCUT2D eigenvalue weighted by atomic mass is 35.5. The van der Waals surface area contributed by atoms with E-state index in [1.165, 1.54) is 0 Å². The number of hydrogen-bond donors (Lipinski definition) is 1. The SMILES string of the molecule is Cc1cc(C)n2nc(S[C@@H](C)C(=O)Nc3cc(C(F)(F)F)ccc3Cl)nc2n1. The molecule has 148 valence electrons. The quantitative estimate of drug-likeness (QED) is 0.617. The van der Waals surface area contributed by atoms with Gasteiger partial charge in [-0.2, -0.15) is 18.2 Å². The molecule has 0 unspecified atom stereocenters. The summed E-state index contributed by atoms with van der Waals surface area (Å²) < 4.78 is 40.1. The normalized spacial score (nSPS) is 13.0. The van der Waals surface area contributed by atoms with Crippen molar-refractivity contribution in [1.82, 2.24) is 19.6 Å². The van der Waals surface area contributed by atoms with Crippen LogP contribution in [0, 0.1) is 13.8 Å². The molecule has 0 saturated carbocycles. The highest BCUT2D eigenvalue weighted by molar-refractivity contribution is 8.00. The van der Waals surface area contributed by atoms with E-state index in [4.69, 9.17) is 11.6 Å². The van der Waals surface area contributed by atoms with Gasteiger partial charge < -0.3 is 5.32 Å². The smallest absolute Gasteiger partial charge is 0.324 e. The van der Waals surface area contributed by atoms with Gasteiger partial charge in [-0.3, -0.25) is 4.79 Å². The number of anilines is 1. The van der Waals surface area contributed by atoms with E-state index in [-0.39, 0.29) is 10.7 Å². The first kappa shape index (κ1) is 20.4. The van der Waals surface area contributed by atoms with E-state index in [1.807, 2.05) is 19.9 Å². The summed E-state index contributed by atoms with van der Waals surface area (Å²) >= 11 is 6.98. The minimum Gasteiger partial charge on any atom is -0.324 e. The molecule has 0 spiro atoms. The molecule has 0 aliphatic rings. The Balaban J connectivity index is 1.76. The van der Waals surface area contributed by atoms with E-state index >= 15 is 0 Å². The molecule has 11 heteroatoms. The van der Waals surface area contributed by atoms with Gasteiger partial charge in [0.2, 0.25) is 11.1 Å². The van der Waals surface area contributed by atoms with Gasteiger partial charge in [-0.25, -0.2) is 9.50 Å². The maximum Gasteiger partial charge on any atom is 0.416 e. The molecule has 28 heavy (non-hydrogen) atoms. The monoisotopic (exact) mass is 429 g/mol. The van der Waals surface area contributed by atoms with Crippen molar-refractivity contribution in [3.8, 4) is 0 Å². The molecule has 1 aromatic carbocycles. The van der Waals surface area contributed by atoms with Crippen molar-refractivity contribution in [1.29, 1.82) is 0 Å². The Morgan fingerprint density at radius 2 is 1.96 bits per heavy atom. The minimum atomic E-state index is -4.53. The Kier molecular flexibility index (Phi) is 5.53. The summed E-state index contributed by atoms with van der Waals surface area (Å²) in [6.45, 7) is 5.29. The first-order valence-corrected chi connectivity index (χ1v) is 9.35. The number of thioether (sulfide) groups is 1. The molecule has 0 aliphatic heterocycles. The number of carbonyl (C=O) groups is 1. The highest BCUT2D eigenvalue weighted by Crippen LogP contribution is 2.34. The standard InChI is InChI=1S/C17H15ClF3N5OS/c1-8-6-9(2)26-15(22-8)24-16(25-26)28-10(3)14(27)23-13-7-11(17(19,20)21)4-5-12(13)18/h4-7,10H,1-3H3,(H,23,27)/t10-/m0/s1. The highest BCUT2D eigenvalue weighted by Gasteiger charge is 2.31. The molecule has 6 nitrogen and oxygen atoms in total. The number of hydrogen-bond acceptors (Lipinski definition) is 5. The number of rotatable bonds is 4. The average Bonchev–Trinajstić information content (AvgIpc) is 2.98. The summed E-state index contributed by atoms with van der Waals surface area (Å²) in [4.78, 5) is 21.0. The molecule has 0 saturated heterocycles. The van der Waals surface area contributed by atoms with E-state index in [0.29, 0.717) is 10.9 Å². The van der Waals surface area contributed by atoms with Crippen molar-refractivity contribution in [2.75, 3.05) is 5.32 Å². The fourth-order valence-electron chi connectivity index (χ4n) is 2.44. The van der Waals surface area contributed by atoms with Gasteiger partial charge in [0.15, 0.2) is 0 Å². The van der Waals surface area contributed by atoms with Gasteiger partial charge in [-0.05, 0) is 45.0 Å². The van der Waals surface area contributed by atoms with Gasteiger partial charge in [0, 0.05) is 11.4 Å². The van der Waals surface area contributed by atoms with Crippen molar-refractivity contribution in [2.24, 2.45) is 0 Å². The third-order valence-corrected chi connectivity index (χ3v) is 5.08. The van der Waals surface area contributed by atoms with Crippen molar-refractivity contribution >= 4 is 40.7 Å².